The van der Waals surface area contributed by atoms with E-state index in [4.69, 9.17) is 0 Å². The van der Waals surface area contributed by atoms with Crippen LogP contribution in [-0.4, -0.2) is 11.2 Å². The molecular formula is C11H20O. The van der Waals surface area contributed by atoms with Crippen LogP contribution < -0.4 is 0 Å². The van der Waals surface area contributed by atoms with E-state index in [-0.39, 0.29) is 6.10 Å². The summed E-state index contributed by atoms with van der Waals surface area (Å²) in [6, 6.07) is 0. The Kier molecular flexibility index (Phi) is 6.90. The van der Waals surface area contributed by atoms with Crippen molar-refractivity contribution < 1.29 is 5.11 Å². The molecule has 2 atom stereocenters. The lowest BCUT2D eigenvalue weighted by Gasteiger charge is -2.18. The molecule has 0 heterocycles. The van der Waals surface area contributed by atoms with E-state index >= 15 is 0 Å². The molecule has 0 aromatic heterocycles. The van der Waals surface area contributed by atoms with E-state index in [9.17, 15) is 5.11 Å². The van der Waals surface area contributed by atoms with Crippen LogP contribution in [0.25, 0.3) is 0 Å². The number of rotatable bonds is 5. The van der Waals surface area contributed by atoms with Crippen molar-refractivity contribution >= 4 is 0 Å². The SMILES string of the molecule is CC#CCC(CCC)C(O)CC. The summed E-state index contributed by atoms with van der Waals surface area (Å²) in [5.74, 6) is 6.29. The Morgan fingerprint density at radius 1 is 1.33 bits per heavy atom. The average molecular weight is 168 g/mol. The summed E-state index contributed by atoms with van der Waals surface area (Å²) in [6.07, 6.45) is 3.75. The molecule has 0 aliphatic heterocycles. The van der Waals surface area contributed by atoms with E-state index < -0.39 is 0 Å². The van der Waals surface area contributed by atoms with Crippen LogP contribution in [0.5, 0.6) is 0 Å². The highest BCUT2D eigenvalue weighted by atomic mass is 16.3. The second kappa shape index (κ2) is 7.18. The van der Waals surface area contributed by atoms with Crippen LogP contribution in [-0.2, 0) is 0 Å². The first-order valence-electron chi connectivity index (χ1n) is 4.83. The lowest BCUT2D eigenvalue weighted by molar-refractivity contribution is 0.100. The molecule has 0 aliphatic carbocycles. The predicted molar refractivity (Wildman–Crippen MR) is 52.8 cm³/mol. The molecule has 0 fully saturated rings. The van der Waals surface area contributed by atoms with Gasteiger partial charge in [0.25, 0.3) is 0 Å². The lowest BCUT2D eigenvalue weighted by atomic mass is 9.92. The van der Waals surface area contributed by atoms with E-state index in [1.807, 2.05) is 13.8 Å². The minimum Gasteiger partial charge on any atom is -0.393 e. The van der Waals surface area contributed by atoms with Gasteiger partial charge in [-0.3, -0.25) is 0 Å². The standard InChI is InChI=1S/C11H20O/c1-4-7-9-10(8-5-2)11(12)6-3/h10-12H,5-6,8-9H2,1-3H3. The highest BCUT2D eigenvalue weighted by Gasteiger charge is 2.14. The Balaban J connectivity index is 3.90. The van der Waals surface area contributed by atoms with Gasteiger partial charge in [0.05, 0.1) is 6.10 Å². The second-order valence-electron chi connectivity index (χ2n) is 3.16. The number of hydrogen-bond donors (Lipinski definition) is 1. The Morgan fingerprint density at radius 3 is 2.42 bits per heavy atom. The van der Waals surface area contributed by atoms with Crippen molar-refractivity contribution in [3.05, 3.63) is 0 Å². The highest BCUT2D eigenvalue weighted by molar-refractivity contribution is 4.97. The molecule has 0 rings (SSSR count). The topological polar surface area (TPSA) is 20.2 Å². The predicted octanol–water partition coefficient (Wildman–Crippen LogP) is 2.59. The van der Waals surface area contributed by atoms with Crippen molar-refractivity contribution in [3.8, 4) is 11.8 Å². The van der Waals surface area contributed by atoms with Gasteiger partial charge < -0.3 is 5.11 Å². The number of aliphatic hydroxyl groups is 1. The molecule has 0 saturated heterocycles. The Morgan fingerprint density at radius 2 is 2.00 bits per heavy atom. The minimum atomic E-state index is -0.161. The Labute approximate surface area is 76.2 Å². The second-order valence-corrected chi connectivity index (χ2v) is 3.16. The summed E-state index contributed by atoms with van der Waals surface area (Å²) in [4.78, 5) is 0. The third-order valence-corrected chi connectivity index (χ3v) is 2.16. The smallest absolute Gasteiger partial charge is 0.0574 e. The van der Waals surface area contributed by atoms with Gasteiger partial charge in [0.15, 0.2) is 0 Å². The summed E-state index contributed by atoms with van der Waals surface area (Å²) in [6.45, 7) is 6.02. The molecule has 0 aliphatic rings. The van der Waals surface area contributed by atoms with Crippen LogP contribution in [0.4, 0.5) is 0 Å². The van der Waals surface area contributed by atoms with Gasteiger partial charge in [-0.25, -0.2) is 0 Å². The van der Waals surface area contributed by atoms with Crippen molar-refractivity contribution in [1.29, 1.82) is 0 Å². The highest BCUT2D eigenvalue weighted by Crippen LogP contribution is 2.17. The maximum atomic E-state index is 9.61. The molecule has 1 heteroatoms. The van der Waals surface area contributed by atoms with Crippen LogP contribution in [0.3, 0.4) is 0 Å². The van der Waals surface area contributed by atoms with Gasteiger partial charge in [-0.1, -0.05) is 20.3 Å². The van der Waals surface area contributed by atoms with E-state index in [0.29, 0.717) is 5.92 Å². The third kappa shape index (κ3) is 4.41. The monoisotopic (exact) mass is 168 g/mol. The normalized spacial score (nSPS) is 14.7. The molecule has 1 nitrogen and oxygen atoms in total. The van der Waals surface area contributed by atoms with Gasteiger partial charge in [-0.05, 0) is 25.7 Å². The van der Waals surface area contributed by atoms with Gasteiger partial charge in [-0.2, -0.15) is 0 Å². The maximum Gasteiger partial charge on any atom is 0.0574 e. The average Bonchev–Trinajstić information content (AvgIpc) is 2.11. The fourth-order valence-corrected chi connectivity index (χ4v) is 1.37. The first-order chi connectivity index (χ1) is 5.76. The molecular weight excluding hydrogens is 148 g/mol. The van der Waals surface area contributed by atoms with Crippen molar-refractivity contribution in [2.75, 3.05) is 0 Å². The van der Waals surface area contributed by atoms with Gasteiger partial charge in [0.2, 0.25) is 0 Å². The molecule has 70 valence electrons. The molecule has 12 heavy (non-hydrogen) atoms. The summed E-state index contributed by atoms with van der Waals surface area (Å²) < 4.78 is 0. The molecule has 0 aromatic rings. The molecule has 0 saturated carbocycles. The van der Waals surface area contributed by atoms with E-state index in [0.717, 1.165) is 25.7 Å². The lowest BCUT2D eigenvalue weighted by Crippen LogP contribution is -2.18. The van der Waals surface area contributed by atoms with Gasteiger partial charge in [-0.15, -0.1) is 11.8 Å². The van der Waals surface area contributed by atoms with Crippen molar-refractivity contribution in [1.82, 2.24) is 0 Å². The molecule has 0 aromatic carbocycles. The summed E-state index contributed by atoms with van der Waals surface area (Å²) >= 11 is 0. The van der Waals surface area contributed by atoms with E-state index in [1.165, 1.54) is 0 Å². The Bertz CT molecular complexity index is 152. The molecule has 0 amide bonds. The summed E-state index contributed by atoms with van der Waals surface area (Å²) in [5, 5.41) is 9.61. The minimum absolute atomic E-state index is 0.161. The summed E-state index contributed by atoms with van der Waals surface area (Å²) in [5.41, 5.74) is 0. The zero-order chi connectivity index (χ0) is 9.40. The molecule has 0 radical (unpaired) electrons. The third-order valence-electron chi connectivity index (χ3n) is 2.16. The van der Waals surface area contributed by atoms with Crippen LogP contribution in [0.1, 0.15) is 46.5 Å². The maximum absolute atomic E-state index is 9.61. The van der Waals surface area contributed by atoms with Crippen LogP contribution in [0, 0.1) is 17.8 Å². The first kappa shape index (κ1) is 11.5. The number of aliphatic hydroxyl groups excluding tert-OH is 1. The van der Waals surface area contributed by atoms with Crippen molar-refractivity contribution in [2.24, 2.45) is 5.92 Å². The fraction of sp³-hybridized carbons (Fsp3) is 0.818. The molecule has 1 N–H and O–H groups in total. The van der Waals surface area contributed by atoms with Crippen LogP contribution in [0.2, 0.25) is 0 Å². The Hall–Kier alpha value is -0.480. The van der Waals surface area contributed by atoms with Gasteiger partial charge in [0, 0.05) is 6.42 Å². The van der Waals surface area contributed by atoms with Gasteiger partial charge >= 0.3 is 0 Å². The molecule has 0 spiro atoms. The zero-order valence-electron chi connectivity index (χ0n) is 8.43. The number of hydrogen-bond acceptors (Lipinski definition) is 1. The largest absolute Gasteiger partial charge is 0.393 e. The first-order valence-corrected chi connectivity index (χ1v) is 4.83. The van der Waals surface area contributed by atoms with Crippen molar-refractivity contribution in [3.63, 3.8) is 0 Å². The van der Waals surface area contributed by atoms with Crippen molar-refractivity contribution in [2.45, 2.75) is 52.6 Å². The van der Waals surface area contributed by atoms with Gasteiger partial charge in [0.1, 0.15) is 0 Å². The molecule has 0 bridgehead atoms. The quantitative estimate of drug-likeness (QED) is 0.626. The van der Waals surface area contributed by atoms with Crippen LogP contribution >= 0.6 is 0 Å². The van der Waals surface area contributed by atoms with E-state index in [1.54, 1.807) is 0 Å². The van der Waals surface area contributed by atoms with Crippen LogP contribution in [0.15, 0.2) is 0 Å². The fourth-order valence-electron chi connectivity index (χ4n) is 1.37. The molecule has 2 unspecified atom stereocenters. The zero-order valence-corrected chi connectivity index (χ0v) is 8.43. The summed E-state index contributed by atoms with van der Waals surface area (Å²) in [7, 11) is 0. The van der Waals surface area contributed by atoms with E-state index in [2.05, 4.69) is 18.8 Å².